The number of nitrogen functional groups attached to an aromatic ring is 1. The summed E-state index contributed by atoms with van der Waals surface area (Å²) >= 11 is 0. The summed E-state index contributed by atoms with van der Waals surface area (Å²) in [6.07, 6.45) is 3.26. The lowest BCUT2D eigenvalue weighted by Gasteiger charge is -2.25. The maximum absolute atomic E-state index is 10.6. The predicted octanol–water partition coefficient (Wildman–Crippen LogP) is 2.75. The number of rotatable bonds is 8. The molecule has 2 aromatic carbocycles. The van der Waals surface area contributed by atoms with E-state index < -0.39 is 6.10 Å². The van der Waals surface area contributed by atoms with Gasteiger partial charge in [-0.05, 0) is 57.1 Å². The molecule has 0 unspecified atom stereocenters. The average Bonchev–Trinajstić information content (AvgIpc) is 3.03. The number of hydrogen-bond donors (Lipinski definition) is 2. The van der Waals surface area contributed by atoms with Crippen molar-refractivity contribution in [1.29, 1.82) is 0 Å². The Morgan fingerprint density at radius 1 is 1.03 bits per heavy atom. The summed E-state index contributed by atoms with van der Waals surface area (Å²) in [5.74, 6) is 1.45. The largest absolute Gasteiger partial charge is 0.491 e. The van der Waals surface area contributed by atoms with Gasteiger partial charge in [0.2, 0.25) is 0 Å². The topological polar surface area (TPSA) is 67.5 Å². The fourth-order valence-corrected chi connectivity index (χ4v) is 4.25. The van der Waals surface area contributed by atoms with E-state index in [2.05, 4.69) is 21.6 Å². The number of piperidine rings is 1. The minimum atomic E-state index is -0.653. The van der Waals surface area contributed by atoms with Crippen LogP contribution in [0.5, 0.6) is 5.75 Å². The predicted molar refractivity (Wildman–Crippen MR) is 120 cm³/mol. The Hall–Kier alpha value is -2.57. The van der Waals surface area contributed by atoms with E-state index in [-0.39, 0.29) is 6.61 Å². The Morgan fingerprint density at radius 2 is 1.77 bits per heavy atom. The van der Waals surface area contributed by atoms with Crippen LogP contribution in [0.1, 0.15) is 24.8 Å². The van der Waals surface area contributed by atoms with E-state index >= 15 is 0 Å². The van der Waals surface area contributed by atoms with Crippen molar-refractivity contribution in [2.75, 3.05) is 32.0 Å². The molecule has 3 N–H and O–H groups in total. The van der Waals surface area contributed by atoms with Gasteiger partial charge in [0.1, 0.15) is 36.0 Å². The Kier molecular flexibility index (Phi) is 6.55. The highest BCUT2D eigenvalue weighted by Crippen LogP contribution is 2.18. The summed E-state index contributed by atoms with van der Waals surface area (Å²) in [4.78, 5) is 2.52. The normalized spacial score (nSPS) is 16.1. The number of aliphatic hydroxyl groups excluding tert-OH is 1. The van der Waals surface area contributed by atoms with Gasteiger partial charge in [0.15, 0.2) is 0 Å². The summed E-state index contributed by atoms with van der Waals surface area (Å²) in [5.41, 5.74) is 9.90. The molecule has 6 heteroatoms. The molecule has 6 nitrogen and oxygen atoms in total. The number of imidazole rings is 1. The van der Waals surface area contributed by atoms with Crippen molar-refractivity contribution in [3.05, 3.63) is 54.1 Å². The third kappa shape index (κ3) is 4.77. The first-order valence-electron chi connectivity index (χ1n) is 11.0. The van der Waals surface area contributed by atoms with E-state index in [0.717, 1.165) is 29.9 Å². The molecule has 3 aromatic rings. The van der Waals surface area contributed by atoms with Gasteiger partial charge in [-0.2, -0.15) is 0 Å². The van der Waals surface area contributed by atoms with Crippen LogP contribution in [0.2, 0.25) is 0 Å². The number of aromatic nitrogens is 2. The number of fused-ring (bicyclic) bond motifs is 1. The summed E-state index contributed by atoms with van der Waals surface area (Å²) in [6, 6.07) is 16.1. The molecule has 0 radical (unpaired) electrons. The number of aliphatic hydroxyl groups is 1. The Labute approximate surface area is 178 Å². The number of anilines is 1. The highest BCUT2D eigenvalue weighted by Gasteiger charge is 2.23. The maximum atomic E-state index is 10.6. The van der Waals surface area contributed by atoms with Gasteiger partial charge in [-0.3, -0.25) is 5.73 Å². The van der Waals surface area contributed by atoms with Crippen molar-refractivity contribution in [1.82, 2.24) is 9.47 Å². The second kappa shape index (κ2) is 9.49. The van der Waals surface area contributed by atoms with Crippen LogP contribution in [-0.4, -0.2) is 46.9 Å². The first-order valence-corrected chi connectivity index (χ1v) is 11.0. The van der Waals surface area contributed by atoms with Gasteiger partial charge in [-0.15, -0.1) is 0 Å². The molecule has 160 valence electrons. The van der Waals surface area contributed by atoms with Gasteiger partial charge in [0.25, 0.3) is 0 Å². The zero-order valence-electron chi connectivity index (χ0n) is 17.8. The lowest BCUT2D eigenvalue weighted by atomic mass is 10.1. The second-order valence-corrected chi connectivity index (χ2v) is 8.29. The van der Waals surface area contributed by atoms with Crippen molar-refractivity contribution in [2.24, 2.45) is 0 Å². The summed E-state index contributed by atoms with van der Waals surface area (Å²) in [7, 11) is 0. The minimum Gasteiger partial charge on any atom is -0.491 e. The van der Waals surface area contributed by atoms with Gasteiger partial charge in [0, 0.05) is 6.54 Å². The van der Waals surface area contributed by atoms with Crippen molar-refractivity contribution < 1.29 is 14.4 Å². The molecular weight excluding hydrogens is 376 g/mol. The fraction of sp³-hybridized carbons (Fsp3) is 0.458. The molecule has 0 bridgehead atoms. The van der Waals surface area contributed by atoms with Crippen LogP contribution in [0.25, 0.3) is 11.0 Å². The first kappa shape index (κ1) is 20.7. The number of benzene rings is 2. The van der Waals surface area contributed by atoms with Crippen LogP contribution in [0.4, 0.5) is 5.95 Å². The molecule has 1 aliphatic heterocycles. The van der Waals surface area contributed by atoms with E-state index in [9.17, 15) is 5.11 Å². The third-order valence-corrected chi connectivity index (χ3v) is 5.96. The number of likely N-dealkylation sites (tertiary alicyclic amines) is 1. The summed E-state index contributed by atoms with van der Waals surface area (Å²) in [5, 5.41) is 10.6. The number of ether oxygens (including phenoxy) is 1. The molecule has 1 aromatic heterocycles. The Bertz CT molecular complexity index is 961. The zero-order chi connectivity index (χ0) is 20.9. The van der Waals surface area contributed by atoms with Gasteiger partial charge in [-0.25, -0.2) is 9.13 Å². The third-order valence-electron chi connectivity index (χ3n) is 5.96. The number of nitrogens with zero attached hydrogens (tertiary/aromatic N) is 3. The lowest BCUT2D eigenvalue weighted by Crippen LogP contribution is -2.44. The van der Waals surface area contributed by atoms with E-state index in [1.165, 1.54) is 37.9 Å². The molecule has 2 heterocycles. The van der Waals surface area contributed by atoms with Gasteiger partial charge < -0.3 is 14.7 Å². The van der Waals surface area contributed by atoms with Crippen molar-refractivity contribution in [2.45, 2.75) is 45.4 Å². The Balaban J connectivity index is 1.46. The number of hydrogen-bond acceptors (Lipinski definition) is 4. The number of para-hydroxylation sites is 2. The standard InChI is InChI=1S/C24H32N4O2/c1-19-9-11-21(12-10-19)30-18-20(29)17-28-23-8-4-3-7-22(23)27(24(28)25)16-15-26-13-5-2-6-14-26/h3-4,7-12,20,25,29H,2,5-6,13-18H2,1H3/p+1/t20-/m0/s1. The van der Waals surface area contributed by atoms with Crippen LogP contribution in [0.15, 0.2) is 48.5 Å². The van der Waals surface area contributed by atoms with Crippen LogP contribution in [0, 0.1) is 6.92 Å². The molecular formula is C24H33N4O2+. The minimum absolute atomic E-state index is 0.225. The average molecular weight is 410 g/mol. The van der Waals surface area contributed by atoms with Crippen molar-refractivity contribution in [3.63, 3.8) is 0 Å². The molecule has 0 aliphatic carbocycles. The van der Waals surface area contributed by atoms with E-state index in [4.69, 9.17) is 10.5 Å². The van der Waals surface area contributed by atoms with Crippen molar-refractivity contribution >= 4 is 17.0 Å². The monoisotopic (exact) mass is 409 g/mol. The highest BCUT2D eigenvalue weighted by atomic mass is 16.5. The number of aryl methyl sites for hydroxylation is 1. The molecule has 1 atom stereocenters. The zero-order valence-corrected chi connectivity index (χ0v) is 17.8. The maximum Gasteiger partial charge on any atom is 0.356 e. The molecule has 30 heavy (non-hydrogen) atoms. The fourth-order valence-electron chi connectivity index (χ4n) is 4.25. The highest BCUT2D eigenvalue weighted by molar-refractivity contribution is 5.73. The summed E-state index contributed by atoms with van der Waals surface area (Å²) in [6.45, 7) is 6.87. The smallest absolute Gasteiger partial charge is 0.356 e. The molecule has 0 spiro atoms. The second-order valence-electron chi connectivity index (χ2n) is 8.29. The van der Waals surface area contributed by atoms with E-state index in [1.54, 1.807) is 0 Å². The quantitative estimate of drug-likeness (QED) is 0.562. The van der Waals surface area contributed by atoms with Crippen molar-refractivity contribution in [3.8, 4) is 5.75 Å². The number of nitrogens with two attached hydrogens (primary N) is 1. The van der Waals surface area contributed by atoms with Crippen LogP contribution >= 0.6 is 0 Å². The van der Waals surface area contributed by atoms with Crippen LogP contribution < -0.4 is 15.0 Å². The van der Waals surface area contributed by atoms with Gasteiger partial charge >= 0.3 is 5.95 Å². The van der Waals surface area contributed by atoms with Gasteiger partial charge in [-0.1, -0.05) is 36.2 Å². The van der Waals surface area contributed by atoms with Crippen LogP contribution in [0.3, 0.4) is 0 Å². The Morgan fingerprint density at radius 3 is 2.53 bits per heavy atom. The first-order chi connectivity index (χ1) is 14.6. The van der Waals surface area contributed by atoms with E-state index in [1.807, 2.05) is 47.9 Å². The SMILES string of the molecule is Cc1ccc(OC[C@@H](O)C[n+]2c(N)n(CCN3CCCCC3)c3ccccc32)cc1. The molecule has 1 aliphatic rings. The molecule has 0 amide bonds. The van der Waals surface area contributed by atoms with Gasteiger partial charge in [0.05, 0.1) is 6.54 Å². The molecule has 1 fully saturated rings. The van der Waals surface area contributed by atoms with E-state index in [0.29, 0.717) is 12.5 Å². The lowest BCUT2D eigenvalue weighted by molar-refractivity contribution is -0.665. The summed E-state index contributed by atoms with van der Waals surface area (Å²) < 4.78 is 9.95. The molecule has 1 saturated heterocycles. The molecule has 4 rings (SSSR count). The van der Waals surface area contributed by atoms with Crippen LogP contribution in [-0.2, 0) is 13.1 Å². The molecule has 0 saturated carbocycles.